The molecule has 154 valence electrons. The van der Waals surface area contributed by atoms with Crippen molar-refractivity contribution in [1.29, 1.82) is 0 Å². The van der Waals surface area contributed by atoms with Gasteiger partial charge in [0.25, 0.3) is 0 Å². The van der Waals surface area contributed by atoms with Gasteiger partial charge in [0.2, 0.25) is 0 Å². The summed E-state index contributed by atoms with van der Waals surface area (Å²) in [6, 6.07) is 14.5. The highest BCUT2D eigenvalue weighted by Crippen LogP contribution is 2.40. The van der Waals surface area contributed by atoms with Gasteiger partial charge in [-0.05, 0) is 54.6 Å². The molecule has 0 unspecified atom stereocenters. The highest BCUT2D eigenvalue weighted by Gasteiger charge is 2.25. The van der Waals surface area contributed by atoms with Gasteiger partial charge in [-0.25, -0.2) is 23.5 Å². The lowest BCUT2D eigenvalue weighted by Gasteiger charge is -2.31. The Morgan fingerprint density at radius 3 is 2.48 bits per heavy atom. The Morgan fingerprint density at radius 1 is 0.935 bits per heavy atom. The Morgan fingerprint density at radius 2 is 1.71 bits per heavy atom. The van der Waals surface area contributed by atoms with E-state index in [1.807, 2.05) is 0 Å². The third kappa shape index (κ3) is 3.42. The standard InChI is InChI=1S/C23H15F2N3O3/c24-15-4-1-13(2-5-15)21-22(27-18-11-14(23(29)30)3-7-17(18)26-21)28-9-10-31-20-8-6-16(25)12-19(20)28/h1-8,11-12H,9-10H2,(H,29,30). The van der Waals surface area contributed by atoms with E-state index in [1.54, 1.807) is 29.2 Å². The van der Waals surface area contributed by atoms with Crippen molar-refractivity contribution in [3.8, 4) is 17.0 Å². The van der Waals surface area contributed by atoms with E-state index in [-0.39, 0.29) is 11.4 Å². The quantitative estimate of drug-likeness (QED) is 0.514. The highest BCUT2D eigenvalue weighted by atomic mass is 19.1. The molecule has 0 saturated heterocycles. The minimum Gasteiger partial charge on any atom is -0.490 e. The summed E-state index contributed by atoms with van der Waals surface area (Å²) < 4.78 is 33.2. The van der Waals surface area contributed by atoms with Crippen molar-refractivity contribution in [1.82, 2.24) is 9.97 Å². The Balaban J connectivity index is 1.77. The van der Waals surface area contributed by atoms with Crippen molar-refractivity contribution in [2.24, 2.45) is 0 Å². The summed E-state index contributed by atoms with van der Waals surface area (Å²) in [6.45, 7) is 0.722. The first-order chi connectivity index (χ1) is 15.0. The molecule has 0 amide bonds. The number of rotatable bonds is 3. The molecule has 0 bridgehead atoms. The number of benzene rings is 3. The van der Waals surface area contributed by atoms with Gasteiger partial charge in [0.15, 0.2) is 5.82 Å². The number of hydrogen-bond donors (Lipinski definition) is 1. The van der Waals surface area contributed by atoms with Crippen molar-refractivity contribution < 1.29 is 23.4 Å². The van der Waals surface area contributed by atoms with Gasteiger partial charge in [-0.1, -0.05) is 0 Å². The normalized spacial score (nSPS) is 13.0. The lowest BCUT2D eigenvalue weighted by atomic mass is 10.1. The third-order valence-corrected chi connectivity index (χ3v) is 5.05. The van der Waals surface area contributed by atoms with Crippen LogP contribution in [-0.2, 0) is 0 Å². The van der Waals surface area contributed by atoms with E-state index >= 15 is 0 Å². The molecule has 31 heavy (non-hydrogen) atoms. The van der Waals surface area contributed by atoms with Crippen LogP contribution in [0, 0.1) is 11.6 Å². The van der Waals surface area contributed by atoms with Gasteiger partial charge < -0.3 is 14.7 Å². The molecule has 2 heterocycles. The molecule has 3 aromatic carbocycles. The maximum absolute atomic E-state index is 14.0. The van der Waals surface area contributed by atoms with Gasteiger partial charge in [0.05, 0.1) is 28.8 Å². The first-order valence-corrected chi connectivity index (χ1v) is 9.50. The summed E-state index contributed by atoms with van der Waals surface area (Å²) in [5.41, 5.74) is 2.52. The van der Waals surface area contributed by atoms with Gasteiger partial charge in [0.1, 0.15) is 29.7 Å². The van der Waals surface area contributed by atoms with E-state index in [2.05, 4.69) is 0 Å². The van der Waals surface area contributed by atoms with Crippen LogP contribution in [0.3, 0.4) is 0 Å². The van der Waals surface area contributed by atoms with E-state index in [1.165, 1.54) is 36.4 Å². The highest BCUT2D eigenvalue weighted by molar-refractivity contribution is 5.94. The molecule has 1 aromatic heterocycles. The van der Waals surface area contributed by atoms with Crippen LogP contribution in [-0.4, -0.2) is 34.2 Å². The van der Waals surface area contributed by atoms with Crippen molar-refractivity contribution >= 4 is 28.5 Å². The number of hydrogen-bond acceptors (Lipinski definition) is 5. The summed E-state index contributed by atoms with van der Waals surface area (Å²) >= 11 is 0. The van der Waals surface area contributed by atoms with Crippen LogP contribution in [0.4, 0.5) is 20.3 Å². The zero-order chi connectivity index (χ0) is 21.5. The number of aromatic nitrogens is 2. The Kier molecular flexibility index (Phi) is 4.47. The summed E-state index contributed by atoms with van der Waals surface area (Å²) in [4.78, 5) is 22.6. The number of carboxylic acids is 1. The van der Waals surface area contributed by atoms with Gasteiger partial charge in [-0.15, -0.1) is 0 Å². The zero-order valence-electron chi connectivity index (χ0n) is 16.0. The van der Waals surface area contributed by atoms with Crippen LogP contribution in [0.25, 0.3) is 22.3 Å². The summed E-state index contributed by atoms with van der Waals surface area (Å²) in [5, 5.41) is 9.33. The number of carboxylic acid groups (broad SMARTS) is 1. The first kappa shape index (κ1) is 18.9. The molecule has 0 aliphatic carbocycles. The van der Waals surface area contributed by atoms with Gasteiger partial charge in [-0.2, -0.15) is 0 Å². The summed E-state index contributed by atoms with van der Waals surface area (Å²) in [7, 11) is 0. The Labute approximate surface area is 175 Å². The average molecular weight is 419 g/mol. The minimum absolute atomic E-state index is 0.0794. The van der Waals surface area contributed by atoms with Crippen molar-refractivity contribution in [2.75, 3.05) is 18.1 Å². The van der Waals surface area contributed by atoms with Crippen molar-refractivity contribution in [3.05, 3.63) is 77.9 Å². The van der Waals surface area contributed by atoms with Gasteiger partial charge in [-0.3, -0.25) is 0 Å². The number of ether oxygens (including phenoxy) is 1. The van der Waals surface area contributed by atoms with Gasteiger partial charge >= 0.3 is 5.97 Å². The van der Waals surface area contributed by atoms with Crippen LogP contribution in [0.2, 0.25) is 0 Å². The van der Waals surface area contributed by atoms with E-state index in [4.69, 9.17) is 14.7 Å². The molecule has 5 rings (SSSR count). The largest absolute Gasteiger partial charge is 0.490 e. The molecule has 0 radical (unpaired) electrons. The second-order valence-electron chi connectivity index (χ2n) is 7.02. The molecule has 8 heteroatoms. The lowest BCUT2D eigenvalue weighted by Crippen LogP contribution is -2.30. The SMILES string of the molecule is O=C(O)c1ccc2nc(-c3ccc(F)cc3)c(N3CCOc4ccc(F)cc43)nc2c1. The number of nitrogens with zero attached hydrogens (tertiary/aromatic N) is 3. The second kappa shape index (κ2) is 7.32. The molecule has 1 aliphatic rings. The van der Waals surface area contributed by atoms with Gasteiger partial charge in [0, 0.05) is 11.6 Å². The maximum atomic E-state index is 14.0. The predicted molar refractivity (Wildman–Crippen MR) is 111 cm³/mol. The molecule has 0 atom stereocenters. The van der Waals surface area contributed by atoms with Crippen LogP contribution in [0.1, 0.15) is 10.4 Å². The van der Waals surface area contributed by atoms with Crippen LogP contribution >= 0.6 is 0 Å². The molecule has 0 spiro atoms. The molecular formula is C23H15F2N3O3. The van der Waals surface area contributed by atoms with Crippen LogP contribution < -0.4 is 9.64 Å². The predicted octanol–water partition coefficient (Wildman–Crippen LogP) is 4.80. The molecule has 0 fully saturated rings. The topological polar surface area (TPSA) is 75.5 Å². The van der Waals surface area contributed by atoms with E-state index in [0.29, 0.717) is 52.7 Å². The second-order valence-corrected chi connectivity index (χ2v) is 7.02. The smallest absolute Gasteiger partial charge is 0.335 e. The first-order valence-electron chi connectivity index (χ1n) is 9.50. The summed E-state index contributed by atoms with van der Waals surface area (Å²) in [6.07, 6.45) is 0. The number of fused-ring (bicyclic) bond motifs is 2. The van der Waals surface area contributed by atoms with Crippen LogP contribution in [0.5, 0.6) is 5.75 Å². The van der Waals surface area contributed by atoms with Crippen molar-refractivity contribution in [3.63, 3.8) is 0 Å². The number of halogens is 2. The molecule has 1 aliphatic heterocycles. The van der Waals surface area contributed by atoms with Crippen LogP contribution in [0.15, 0.2) is 60.7 Å². The molecule has 1 N–H and O–H groups in total. The van der Waals surface area contributed by atoms with Crippen molar-refractivity contribution in [2.45, 2.75) is 0 Å². The number of aromatic carboxylic acids is 1. The van der Waals surface area contributed by atoms with E-state index in [0.717, 1.165) is 0 Å². The average Bonchev–Trinajstić information content (AvgIpc) is 2.78. The Hall–Kier alpha value is -4.07. The van der Waals surface area contributed by atoms with E-state index < -0.39 is 11.8 Å². The third-order valence-electron chi connectivity index (χ3n) is 5.05. The molecule has 0 saturated carbocycles. The summed E-state index contributed by atoms with van der Waals surface area (Å²) in [5.74, 6) is -0.995. The number of anilines is 2. The maximum Gasteiger partial charge on any atom is 0.335 e. The molecule has 6 nitrogen and oxygen atoms in total. The van der Waals surface area contributed by atoms with E-state index in [9.17, 15) is 18.7 Å². The fourth-order valence-electron chi connectivity index (χ4n) is 3.58. The minimum atomic E-state index is -1.08. The number of carbonyl (C=O) groups is 1. The molecule has 4 aromatic rings. The monoisotopic (exact) mass is 419 g/mol. The fraction of sp³-hybridized carbons (Fsp3) is 0.0870. The lowest BCUT2D eigenvalue weighted by molar-refractivity contribution is 0.0697. The molecular weight excluding hydrogens is 404 g/mol. The zero-order valence-corrected chi connectivity index (χ0v) is 16.0. The Bertz CT molecular complexity index is 1330. The fourth-order valence-corrected chi connectivity index (χ4v) is 3.58.